The van der Waals surface area contributed by atoms with Gasteiger partial charge < -0.3 is 20.6 Å². The lowest BCUT2D eigenvalue weighted by atomic mass is 10.0. The van der Waals surface area contributed by atoms with E-state index >= 15 is 0 Å². The Morgan fingerprint density at radius 2 is 0.953 bits per heavy atom. The van der Waals surface area contributed by atoms with Crippen LogP contribution in [-0.4, -0.2) is 46.1 Å². The molecule has 1 amide bonds. The van der Waals surface area contributed by atoms with Crippen LogP contribution in [0.25, 0.3) is 0 Å². The third-order valence-corrected chi connectivity index (χ3v) is 8.21. The van der Waals surface area contributed by atoms with E-state index in [4.69, 9.17) is 0 Å². The number of amides is 1. The fourth-order valence-corrected chi connectivity index (χ4v) is 5.27. The lowest BCUT2D eigenvalue weighted by Crippen LogP contribution is -2.48. The summed E-state index contributed by atoms with van der Waals surface area (Å²) in [6.07, 6.45) is 40.1. The number of unbranched alkanes of at least 4 members (excludes halogenated alkanes) is 20. The number of carbonyl (C=O) groups is 1. The van der Waals surface area contributed by atoms with Crippen LogP contribution in [0.2, 0.25) is 0 Å². The molecule has 3 atom stereocenters. The van der Waals surface area contributed by atoms with Crippen LogP contribution in [-0.2, 0) is 4.79 Å². The Morgan fingerprint density at radius 3 is 1.42 bits per heavy atom. The molecular formula is C38H71NO4. The Balaban J connectivity index is 3.81. The van der Waals surface area contributed by atoms with Crippen molar-refractivity contribution in [3.8, 4) is 0 Å². The summed E-state index contributed by atoms with van der Waals surface area (Å²) in [5.41, 5.74) is 0. The monoisotopic (exact) mass is 606 g/mol. The van der Waals surface area contributed by atoms with Crippen LogP contribution in [0.3, 0.4) is 0 Å². The van der Waals surface area contributed by atoms with Gasteiger partial charge in [0, 0.05) is 0 Å². The summed E-state index contributed by atoms with van der Waals surface area (Å²) < 4.78 is 0. The van der Waals surface area contributed by atoms with Gasteiger partial charge in [-0.1, -0.05) is 166 Å². The minimum absolute atomic E-state index is 0.380. The summed E-state index contributed by atoms with van der Waals surface area (Å²) in [6, 6.07) is -0.816. The first kappa shape index (κ1) is 41.6. The molecule has 0 heterocycles. The molecule has 252 valence electrons. The molecule has 4 N–H and O–H groups in total. The molecule has 0 saturated carbocycles. The van der Waals surface area contributed by atoms with Crippen molar-refractivity contribution in [1.82, 2.24) is 5.32 Å². The molecule has 3 unspecified atom stereocenters. The summed E-state index contributed by atoms with van der Waals surface area (Å²) >= 11 is 0. The lowest BCUT2D eigenvalue weighted by Gasteiger charge is -2.21. The van der Waals surface area contributed by atoms with Crippen LogP contribution in [0, 0.1) is 0 Å². The fraction of sp³-hybridized carbons (Fsp3) is 0.816. The Kier molecular flexibility index (Phi) is 32.3. The van der Waals surface area contributed by atoms with Gasteiger partial charge in [-0.25, -0.2) is 0 Å². The number of carbonyl (C=O) groups excluding carboxylic acids is 1. The van der Waals surface area contributed by atoms with Gasteiger partial charge in [0.25, 0.3) is 0 Å². The highest BCUT2D eigenvalue weighted by molar-refractivity contribution is 5.80. The number of aliphatic hydroxyl groups excluding tert-OH is 3. The molecule has 0 aromatic carbocycles. The molecule has 0 radical (unpaired) electrons. The largest absolute Gasteiger partial charge is 0.394 e. The van der Waals surface area contributed by atoms with Crippen molar-refractivity contribution in [2.75, 3.05) is 6.61 Å². The molecule has 0 aromatic rings. The zero-order valence-electron chi connectivity index (χ0n) is 28.3. The number of aliphatic hydroxyl groups is 3. The maximum atomic E-state index is 12.4. The molecule has 43 heavy (non-hydrogen) atoms. The van der Waals surface area contributed by atoms with E-state index in [1.165, 1.54) is 109 Å². The van der Waals surface area contributed by atoms with Crippen molar-refractivity contribution in [2.45, 2.75) is 193 Å². The van der Waals surface area contributed by atoms with Gasteiger partial charge in [0.05, 0.1) is 18.8 Å². The lowest BCUT2D eigenvalue weighted by molar-refractivity contribution is -0.131. The first-order valence-corrected chi connectivity index (χ1v) is 18.3. The van der Waals surface area contributed by atoms with E-state index in [2.05, 4.69) is 43.5 Å². The Bertz CT molecular complexity index is 675. The molecule has 0 aliphatic rings. The van der Waals surface area contributed by atoms with Gasteiger partial charge in [0.1, 0.15) is 6.10 Å². The molecule has 0 aliphatic heterocycles. The standard InChI is InChI=1S/C38H71NO4/c1-3-5-7-9-11-13-15-17-19-21-23-25-27-29-31-33-37(42)38(43)39-35(34-40)36(41)32-30-28-26-24-22-20-18-16-14-12-10-8-6-4-2/h14,16,22,24,30,32,35-37,40-42H,3-13,15,17-21,23,25-29,31,33-34H2,1-2H3,(H,39,43)/b16-14+,24-22+,32-30+. The average Bonchev–Trinajstić information content (AvgIpc) is 3.01. The van der Waals surface area contributed by atoms with Crippen molar-refractivity contribution in [2.24, 2.45) is 0 Å². The summed E-state index contributed by atoms with van der Waals surface area (Å²) in [7, 11) is 0. The molecule has 0 fully saturated rings. The second-order valence-corrected chi connectivity index (χ2v) is 12.4. The quantitative estimate of drug-likeness (QED) is 0.0454. The van der Waals surface area contributed by atoms with Gasteiger partial charge in [-0.05, 0) is 44.9 Å². The number of rotatable bonds is 32. The van der Waals surface area contributed by atoms with Gasteiger partial charge in [0.15, 0.2) is 0 Å². The van der Waals surface area contributed by atoms with E-state index in [0.29, 0.717) is 6.42 Å². The maximum Gasteiger partial charge on any atom is 0.249 e. The second kappa shape index (κ2) is 33.5. The third kappa shape index (κ3) is 29.1. The van der Waals surface area contributed by atoms with Gasteiger partial charge in [-0.2, -0.15) is 0 Å². The van der Waals surface area contributed by atoms with Crippen molar-refractivity contribution in [3.05, 3.63) is 36.5 Å². The SMILES string of the molecule is CCCCCC/C=C/CC/C=C/CC/C=C/C(O)C(CO)NC(=O)C(O)CCCCCCCCCCCCCCCCC. The molecule has 0 aromatic heterocycles. The van der Waals surface area contributed by atoms with Gasteiger partial charge in [-0.15, -0.1) is 0 Å². The fourth-order valence-electron chi connectivity index (χ4n) is 5.27. The summed E-state index contributed by atoms with van der Waals surface area (Å²) in [5, 5.41) is 32.9. The van der Waals surface area contributed by atoms with E-state index in [1.54, 1.807) is 6.08 Å². The molecule has 0 aliphatic carbocycles. The van der Waals surface area contributed by atoms with E-state index in [-0.39, 0.29) is 6.61 Å². The van der Waals surface area contributed by atoms with E-state index in [1.807, 2.05) is 6.08 Å². The van der Waals surface area contributed by atoms with Gasteiger partial charge >= 0.3 is 0 Å². The van der Waals surface area contributed by atoms with E-state index < -0.39 is 24.2 Å². The van der Waals surface area contributed by atoms with Gasteiger partial charge in [0.2, 0.25) is 5.91 Å². The molecule has 0 bridgehead atoms. The van der Waals surface area contributed by atoms with Crippen LogP contribution in [0.4, 0.5) is 0 Å². The Morgan fingerprint density at radius 1 is 0.558 bits per heavy atom. The molecule has 5 heteroatoms. The molecule has 5 nitrogen and oxygen atoms in total. The van der Waals surface area contributed by atoms with Crippen molar-refractivity contribution >= 4 is 5.91 Å². The van der Waals surface area contributed by atoms with Crippen molar-refractivity contribution in [1.29, 1.82) is 0 Å². The average molecular weight is 606 g/mol. The van der Waals surface area contributed by atoms with E-state index in [9.17, 15) is 20.1 Å². The van der Waals surface area contributed by atoms with E-state index in [0.717, 1.165) is 44.9 Å². The number of hydrogen-bond donors (Lipinski definition) is 4. The minimum Gasteiger partial charge on any atom is -0.394 e. The summed E-state index contributed by atoms with van der Waals surface area (Å²) in [5.74, 6) is -0.519. The van der Waals surface area contributed by atoms with Crippen molar-refractivity contribution in [3.63, 3.8) is 0 Å². The minimum atomic E-state index is -1.10. The number of allylic oxidation sites excluding steroid dienone is 5. The zero-order chi connectivity index (χ0) is 31.6. The second-order valence-electron chi connectivity index (χ2n) is 12.4. The highest BCUT2D eigenvalue weighted by atomic mass is 16.3. The third-order valence-electron chi connectivity index (χ3n) is 8.21. The van der Waals surface area contributed by atoms with Crippen LogP contribution < -0.4 is 5.32 Å². The normalized spacial score (nSPS) is 14.3. The molecule has 0 saturated heterocycles. The smallest absolute Gasteiger partial charge is 0.249 e. The van der Waals surface area contributed by atoms with Crippen LogP contribution in [0.15, 0.2) is 36.5 Å². The van der Waals surface area contributed by atoms with Crippen LogP contribution >= 0.6 is 0 Å². The summed E-state index contributed by atoms with van der Waals surface area (Å²) in [4.78, 5) is 12.4. The predicted octanol–water partition coefficient (Wildman–Crippen LogP) is 9.65. The highest BCUT2D eigenvalue weighted by Crippen LogP contribution is 2.14. The topological polar surface area (TPSA) is 89.8 Å². The van der Waals surface area contributed by atoms with Crippen LogP contribution in [0.1, 0.15) is 174 Å². The van der Waals surface area contributed by atoms with Crippen LogP contribution in [0.5, 0.6) is 0 Å². The molecule has 0 spiro atoms. The zero-order valence-corrected chi connectivity index (χ0v) is 28.3. The maximum absolute atomic E-state index is 12.4. The number of nitrogens with one attached hydrogen (secondary N) is 1. The molecular weight excluding hydrogens is 534 g/mol. The summed E-state index contributed by atoms with van der Waals surface area (Å²) in [6.45, 7) is 4.12. The first-order valence-electron chi connectivity index (χ1n) is 18.3. The Labute approximate surface area is 266 Å². The Hall–Kier alpha value is -1.43. The predicted molar refractivity (Wildman–Crippen MR) is 185 cm³/mol. The number of hydrogen-bond acceptors (Lipinski definition) is 4. The van der Waals surface area contributed by atoms with Gasteiger partial charge in [-0.3, -0.25) is 4.79 Å². The van der Waals surface area contributed by atoms with Crippen molar-refractivity contribution < 1.29 is 20.1 Å². The molecule has 0 rings (SSSR count). The first-order chi connectivity index (χ1) is 21.1. The highest BCUT2D eigenvalue weighted by Gasteiger charge is 2.22.